The molecular weight excluding hydrogens is 380 g/mol. The van der Waals surface area contributed by atoms with Gasteiger partial charge in [0.05, 0.1) is 44.2 Å². The molecule has 2 aromatic heterocycles. The number of ether oxygens (including phenoxy) is 4. The van der Waals surface area contributed by atoms with Crippen LogP contribution in [-0.4, -0.2) is 43.4 Å². The lowest BCUT2D eigenvalue weighted by molar-refractivity contribution is 0.184. The van der Waals surface area contributed by atoms with Gasteiger partial charge in [0.2, 0.25) is 11.7 Å². The number of hydrogen-bond donors (Lipinski definition) is 1. The second-order valence-corrected chi connectivity index (χ2v) is 6.84. The van der Waals surface area contributed by atoms with E-state index < -0.39 is 0 Å². The standard InChI is InChI=1S/C19H22N4O4S/c1-11-18(28-16(21-11)10-24-2)13-6-7-20-19(23-13)22-12-8-14(25-3)17(27-5)15(9-12)26-4/h6-9H,10H2,1-5H3,(H,20,22,23). The molecule has 0 aliphatic rings. The first kappa shape index (κ1) is 19.8. The van der Waals surface area contributed by atoms with E-state index in [9.17, 15) is 0 Å². The molecule has 0 aliphatic heterocycles. The largest absolute Gasteiger partial charge is 0.493 e. The smallest absolute Gasteiger partial charge is 0.227 e. The van der Waals surface area contributed by atoms with Crippen molar-refractivity contribution in [3.8, 4) is 27.8 Å². The second-order valence-electron chi connectivity index (χ2n) is 5.76. The van der Waals surface area contributed by atoms with Crippen LogP contribution < -0.4 is 19.5 Å². The van der Waals surface area contributed by atoms with E-state index in [1.54, 1.807) is 58.1 Å². The Kier molecular flexibility index (Phi) is 6.27. The highest BCUT2D eigenvalue weighted by Crippen LogP contribution is 2.40. The summed E-state index contributed by atoms with van der Waals surface area (Å²) in [4.78, 5) is 14.4. The van der Waals surface area contributed by atoms with Gasteiger partial charge in [-0.25, -0.2) is 15.0 Å². The van der Waals surface area contributed by atoms with Crippen LogP contribution in [0, 0.1) is 6.92 Å². The lowest BCUT2D eigenvalue weighted by Crippen LogP contribution is -2.00. The SMILES string of the molecule is COCc1nc(C)c(-c2ccnc(Nc3cc(OC)c(OC)c(OC)c3)n2)s1. The van der Waals surface area contributed by atoms with Crippen LogP contribution in [0.4, 0.5) is 11.6 Å². The van der Waals surface area contributed by atoms with Gasteiger partial charge in [0, 0.05) is 31.1 Å². The number of benzene rings is 1. The van der Waals surface area contributed by atoms with E-state index in [0.29, 0.717) is 35.5 Å². The topological polar surface area (TPSA) is 87.6 Å². The van der Waals surface area contributed by atoms with Crippen molar-refractivity contribution < 1.29 is 18.9 Å². The summed E-state index contributed by atoms with van der Waals surface area (Å²) in [7, 11) is 6.36. The van der Waals surface area contributed by atoms with Gasteiger partial charge in [0.1, 0.15) is 5.01 Å². The van der Waals surface area contributed by atoms with E-state index in [4.69, 9.17) is 18.9 Å². The molecule has 0 amide bonds. The summed E-state index contributed by atoms with van der Waals surface area (Å²) in [5, 5.41) is 4.10. The zero-order valence-electron chi connectivity index (χ0n) is 16.4. The van der Waals surface area contributed by atoms with Gasteiger partial charge in [-0.05, 0) is 13.0 Å². The van der Waals surface area contributed by atoms with Crippen LogP contribution >= 0.6 is 11.3 Å². The molecule has 0 fully saturated rings. The molecule has 148 valence electrons. The van der Waals surface area contributed by atoms with E-state index in [-0.39, 0.29) is 0 Å². The predicted molar refractivity (Wildman–Crippen MR) is 108 cm³/mol. The molecular formula is C19H22N4O4S. The molecule has 8 nitrogen and oxygen atoms in total. The Morgan fingerprint density at radius 1 is 1.00 bits per heavy atom. The summed E-state index contributed by atoms with van der Waals surface area (Å²) in [6.07, 6.45) is 1.71. The molecule has 2 heterocycles. The molecule has 3 rings (SSSR count). The number of methoxy groups -OCH3 is 4. The van der Waals surface area contributed by atoms with Gasteiger partial charge in [-0.3, -0.25) is 0 Å². The lowest BCUT2D eigenvalue weighted by atomic mass is 10.2. The van der Waals surface area contributed by atoms with Crippen LogP contribution in [0.5, 0.6) is 17.2 Å². The Labute approximate surface area is 167 Å². The minimum atomic E-state index is 0.452. The molecule has 0 saturated carbocycles. The zero-order valence-corrected chi connectivity index (χ0v) is 17.2. The van der Waals surface area contributed by atoms with Crippen LogP contribution in [0.1, 0.15) is 10.7 Å². The minimum absolute atomic E-state index is 0.452. The second kappa shape index (κ2) is 8.85. The van der Waals surface area contributed by atoms with Gasteiger partial charge < -0.3 is 24.3 Å². The number of hydrogen-bond acceptors (Lipinski definition) is 9. The van der Waals surface area contributed by atoms with Crippen molar-refractivity contribution in [2.75, 3.05) is 33.8 Å². The zero-order chi connectivity index (χ0) is 20.1. The Morgan fingerprint density at radius 2 is 1.71 bits per heavy atom. The molecule has 1 aromatic carbocycles. The first-order valence-electron chi connectivity index (χ1n) is 8.45. The minimum Gasteiger partial charge on any atom is -0.493 e. The fourth-order valence-electron chi connectivity index (χ4n) is 2.70. The Hall–Kier alpha value is -2.91. The molecule has 0 saturated heterocycles. The number of rotatable bonds is 8. The normalized spacial score (nSPS) is 10.6. The average Bonchev–Trinajstić information content (AvgIpc) is 3.07. The van der Waals surface area contributed by atoms with Crippen molar-refractivity contribution in [3.63, 3.8) is 0 Å². The van der Waals surface area contributed by atoms with Crippen LogP contribution in [-0.2, 0) is 11.3 Å². The molecule has 0 bridgehead atoms. The summed E-state index contributed by atoms with van der Waals surface area (Å²) in [6, 6.07) is 5.45. The number of aromatic nitrogens is 3. The van der Waals surface area contributed by atoms with Gasteiger partial charge in [-0.2, -0.15) is 0 Å². The summed E-state index contributed by atoms with van der Waals surface area (Å²) < 4.78 is 21.3. The molecule has 0 radical (unpaired) electrons. The lowest BCUT2D eigenvalue weighted by Gasteiger charge is -2.14. The van der Waals surface area contributed by atoms with Crippen molar-refractivity contribution in [2.45, 2.75) is 13.5 Å². The van der Waals surface area contributed by atoms with Crippen molar-refractivity contribution in [1.82, 2.24) is 15.0 Å². The quantitative estimate of drug-likeness (QED) is 0.608. The number of anilines is 2. The Balaban J connectivity index is 1.91. The summed E-state index contributed by atoms with van der Waals surface area (Å²) in [5.74, 6) is 2.06. The van der Waals surface area contributed by atoms with Crippen LogP contribution in [0.15, 0.2) is 24.4 Å². The fraction of sp³-hybridized carbons (Fsp3) is 0.316. The van der Waals surface area contributed by atoms with Crippen molar-refractivity contribution in [3.05, 3.63) is 35.1 Å². The third-order valence-corrected chi connectivity index (χ3v) is 5.07. The monoisotopic (exact) mass is 402 g/mol. The first-order chi connectivity index (χ1) is 13.6. The van der Waals surface area contributed by atoms with Gasteiger partial charge in [-0.1, -0.05) is 0 Å². The maximum atomic E-state index is 5.39. The number of thiazole rings is 1. The highest BCUT2D eigenvalue weighted by atomic mass is 32.1. The van der Waals surface area contributed by atoms with Crippen LogP contribution in [0.3, 0.4) is 0 Å². The van der Waals surface area contributed by atoms with Gasteiger partial charge in [0.15, 0.2) is 11.5 Å². The van der Waals surface area contributed by atoms with E-state index in [1.165, 1.54) is 0 Å². The molecule has 28 heavy (non-hydrogen) atoms. The van der Waals surface area contributed by atoms with Gasteiger partial charge >= 0.3 is 0 Å². The third kappa shape index (κ3) is 4.15. The molecule has 9 heteroatoms. The molecule has 3 aromatic rings. The maximum absolute atomic E-state index is 5.39. The van der Waals surface area contributed by atoms with Crippen molar-refractivity contribution in [2.24, 2.45) is 0 Å². The molecule has 0 atom stereocenters. The van der Waals surface area contributed by atoms with E-state index in [0.717, 1.165) is 21.3 Å². The molecule has 0 aliphatic carbocycles. The van der Waals surface area contributed by atoms with Crippen molar-refractivity contribution >= 4 is 23.0 Å². The Morgan fingerprint density at radius 3 is 2.32 bits per heavy atom. The maximum Gasteiger partial charge on any atom is 0.227 e. The average molecular weight is 402 g/mol. The molecule has 1 N–H and O–H groups in total. The number of aryl methyl sites for hydroxylation is 1. The summed E-state index contributed by atoms with van der Waals surface area (Å²) >= 11 is 1.56. The van der Waals surface area contributed by atoms with Gasteiger partial charge in [-0.15, -0.1) is 11.3 Å². The van der Waals surface area contributed by atoms with Gasteiger partial charge in [0.25, 0.3) is 0 Å². The molecule has 0 spiro atoms. The molecule has 0 unspecified atom stereocenters. The number of nitrogens with zero attached hydrogens (tertiary/aromatic N) is 3. The number of nitrogens with one attached hydrogen (secondary N) is 1. The third-order valence-electron chi connectivity index (χ3n) is 3.92. The predicted octanol–water partition coefficient (Wildman–Crippen LogP) is 3.82. The highest BCUT2D eigenvalue weighted by Gasteiger charge is 2.15. The summed E-state index contributed by atoms with van der Waals surface area (Å²) in [6.45, 7) is 2.44. The highest BCUT2D eigenvalue weighted by molar-refractivity contribution is 7.15. The first-order valence-corrected chi connectivity index (χ1v) is 9.27. The summed E-state index contributed by atoms with van der Waals surface area (Å²) in [5.41, 5.74) is 2.42. The van der Waals surface area contributed by atoms with E-state index >= 15 is 0 Å². The van der Waals surface area contributed by atoms with E-state index in [2.05, 4.69) is 20.3 Å². The van der Waals surface area contributed by atoms with E-state index in [1.807, 2.05) is 13.0 Å². The Bertz CT molecular complexity index is 936. The van der Waals surface area contributed by atoms with Crippen molar-refractivity contribution in [1.29, 1.82) is 0 Å². The van der Waals surface area contributed by atoms with Crippen LogP contribution in [0.2, 0.25) is 0 Å². The fourth-order valence-corrected chi connectivity index (χ4v) is 3.71. The van der Waals surface area contributed by atoms with Crippen LogP contribution in [0.25, 0.3) is 10.6 Å².